The van der Waals surface area contributed by atoms with Gasteiger partial charge in [-0.05, 0) is 12.3 Å². The highest BCUT2D eigenvalue weighted by Crippen LogP contribution is 2.07. The number of aliphatic imine (C=N–C) groups is 1. The Bertz CT molecular complexity index is 393. The van der Waals surface area contributed by atoms with Crippen LogP contribution < -0.4 is 16.0 Å². The van der Waals surface area contributed by atoms with Gasteiger partial charge >= 0.3 is 0 Å². The Morgan fingerprint density at radius 3 is 2.68 bits per heavy atom. The highest BCUT2D eigenvalue weighted by atomic mass is 127. The van der Waals surface area contributed by atoms with Crippen molar-refractivity contribution in [2.75, 3.05) is 52.9 Å². The summed E-state index contributed by atoms with van der Waals surface area (Å²) in [6.45, 7) is 12.4. The second kappa shape index (κ2) is 14.5. The van der Waals surface area contributed by atoms with E-state index < -0.39 is 0 Å². The Labute approximate surface area is 169 Å². The first-order valence-corrected chi connectivity index (χ1v) is 9.10. The van der Waals surface area contributed by atoms with Crippen molar-refractivity contribution in [3.05, 3.63) is 0 Å². The summed E-state index contributed by atoms with van der Waals surface area (Å²) in [5.41, 5.74) is 0. The fourth-order valence-electron chi connectivity index (χ4n) is 2.66. The van der Waals surface area contributed by atoms with E-state index in [1.165, 1.54) is 0 Å². The van der Waals surface area contributed by atoms with E-state index >= 15 is 0 Å². The molecule has 3 N–H and O–H groups in total. The van der Waals surface area contributed by atoms with Gasteiger partial charge in [-0.25, -0.2) is 0 Å². The van der Waals surface area contributed by atoms with Crippen LogP contribution in [-0.2, 0) is 9.53 Å². The van der Waals surface area contributed by atoms with Gasteiger partial charge in [0, 0.05) is 52.7 Å². The van der Waals surface area contributed by atoms with E-state index in [4.69, 9.17) is 4.74 Å². The van der Waals surface area contributed by atoms with Crippen LogP contribution >= 0.6 is 24.0 Å². The minimum atomic E-state index is 0. The zero-order valence-corrected chi connectivity index (χ0v) is 18.5. The number of halogens is 1. The summed E-state index contributed by atoms with van der Waals surface area (Å²) in [5, 5.41) is 9.32. The number of carbonyl (C=O) groups excluding carboxylic acids is 1. The Balaban J connectivity index is 0.00000576. The molecule has 1 amide bonds. The molecule has 0 bridgehead atoms. The van der Waals surface area contributed by atoms with E-state index in [0.717, 1.165) is 45.8 Å². The number of amides is 1. The van der Waals surface area contributed by atoms with Gasteiger partial charge < -0.3 is 20.7 Å². The third-order valence-electron chi connectivity index (χ3n) is 3.78. The minimum Gasteiger partial charge on any atom is -0.374 e. The maximum atomic E-state index is 11.6. The zero-order valence-electron chi connectivity index (χ0n) is 16.1. The molecule has 0 aromatic rings. The number of morpholine rings is 1. The number of guanidine groups is 1. The molecule has 0 spiro atoms. The van der Waals surface area contributed by atoms with Gasteiger partial charge in [-0.3, -0.25) is 14.7 Å². The first kappa shape index (κ1) is 24.4. The van der Waals surface area contributed by atoms with Gasteiger partial charge in [0.05, 0.1) is 12.7 Å². The SMILES string of the molecule is CCCNC(=O)CCNC(=NC)NCC1CN(CC(C)C)CCO1.I. The molecule has 1 aliphatic rings. The molecule has 0 radical (unpaired) electrons. The van der Waals surface area contributed by atoms with Crippen LogP contribution in [0.15, 0.2) is 4.99 Å². The van der Waals surface area contributed by atoms with Crippen LogP contribution in [0.5, 0.6) is 0 Å². The van der Waals surface area contributed by atoms with Gasteiger partial charge in [0.1, 0.15) is 0 Å². The standard InChI is InChI=1S/C17H35N5O2.HI/c1-5-7-19-16(23)6-8-20-17(18-4)21-11-15-13-22(9-10-24-15)12-14(2)3;/h14-15H,5-13H2,1-4H3,(H,19,23)(H2,18,20,21);1H. The van der Waals surface area contributed by atoms with Crippen molar-refractivity contribution in [1.82, 2.24) is 20.9 Å². The van der Waals surface area contributed by atoms with Crippen LogP contribution in [0, 0.1) is 5.92 Å². The molecule has 0 aromatic carbocycles. The maximum Gasteiger partial charge on any atom is 0.221 e. The second-order valence-corrected chi connectivity index (χ2v) is 6.63. The predicted octanol–water partition coefficient (Wildman–Crippen LogP) is 1.04. The summed E-state index contributed by atoms with van der Waals surface area (Å²) in [5.74, 6) is 1.45. The quantitative estimate of drug-likeness (QED) is 0.267. The molecule has 1 aliphatic heterocycles. The molecule has 25 heavy (non-hydrogen) atoms. The maximum absolute atomic E-state index is 11.6. The number of hydrogen-bond donors (Lipinski definition) is 3. The van der Waals surface area contributed by atoms with Crippen LogP contribution in [0.1, 0.15) is 33.6 Å². The van der Waals surface area contributed by atoms with Crippen LogP contribution in [-0.4, -0.2) is 75.8 Å². The highest BCUT2D eigenvalue weighted by Gasteiger charge is 2.21. The molecule has 8 heteroatoms. The van der Waals surface area contributed by atoms with Crippen LogP contribution in [0.3, 0.4) is 0 Å². The average Bonchev–Trinajstić information content (AvgIpc) is 2.55. The van der Waals surface area contributed by atoms with Crippen molar-refractivity contribution in [2.45, 2.75) is 39.7 Å². The molecule has 1 unspecified atom stereocenters. The first-order chi connectivity index (χ1) is 11.5. The van der Waals surface area contributed by atoms with Gasteiger partial charge in [-0.2, -0.15) is 0 Å². The van der Waals surface area contributed by atoms with E-state index in [9.17, 15) is 4.79 Å². The number of ether oxygens (including phenoxy) is 1. The third kappa shape index (κ3) is 11.6. The largest absolute Gasteiger partial charge is 0.374 e. The summed E-state index contributed by atoms with van der Waals surface area (Å²) >= 11 is 0. The molecule has 148 valence electrons. The number of carbonyl (C=O) groups is 1. The van der Waals surface area contributed by atoms with Crippen molar-refractivity contribution in [3.63, 3.8) is 0 Å². The van der Waals surface area contributed by atoms with E-state index in [0.29, 0.717) is 24.8 Å². The average molecular weight is 469 g/mol. The molecule has 1 saturated heterocycles. The minimum absolute atomic E-state index is 0. The molecule has 1 atom stereocenters. The molecule has 7 nitrogen and oxygen atoms in total. The lowest BCUT2D eigenvalue weighted by Gasteiger charge is -2.34. The summed E-state index contributed by atoms with van der Waals surface area (Å²) in [7, 11) is 1.74. The van der Waals surface area contributed by atoms with Crippen LogP contribution in [0.2, 0.25) is 0 Å². The summed E-state index contributed by atoms with van der Waals surface area (Å²) in [4.78, 5) is 18.2. The van der Waals surface area contributed by atoms with Crippen molar-refractivity contribution < 1.29 is 9.53 Å². The van der Waals surface area contributed by atoms with E-state index in [1.54, 1.807) is 7.05 Å². The molecule has 0 aliphatic carbocycles. The number of nitrogens with zero attached hydrogens (tertiary/aromatic N) is 2. The molecule has 1 fully saturated rings. The van der Waals surface area contributed by atoms with Gasteiger partial charge in [-0.15, -0.1) is 24.0 Å². The zero-order chi connectivity index (χ0) is 17.8. The van der Waals surface area contributed by atoms with Crippen LogP contribution in [0.25, 0.3) is 0 Å². The summed E-state index contributed by atoms with van der Waals surface area (Å²) in [6.07, 6.45) is 1.57. The molecular weight excluding hydrogens is 433 g/mol. The fraction of sp³-hybridized carbons (Fsp3) is 0.882. The van der Waals surface area contributed by atoms with Gasteiger partial charge in [0.15, 0.2) is 5.96 Å². The Kier molecular flexibility index (Phi) is 14.2. The van der Waals surface area contributed by atoms with Crippen molar-refractivity contribution in [2.24, 2.45) is 10.9 Å². The molecule has 1 heterocycles. The molecule has 0 saturated carbocycles. The van der Waals surface area contributed by atoms with Crippen LogP contribution in [0.4, 0.5) is 0 Å². The number of rotatable bonds is 9. The topological polar surface area (TPSA) is 78.0 Å². The van der Waals surface area contributed by atoms with Crippen molar-refractivity contribution in [3.8, 4) is 0 Å². The smallest absolute Gasteiger partial charge is 0.221 e. The Hall–Kier alpha value is -0.610. The lowest BCUT2D eigenvalue weighted by Crippen LogP contribution is -2.50. The van der Waals surface area contributed by atoms with Crippen molar-refractivity contribution in [1.29, 1.82) is 0 Å². The van der Waals surface area contributed by atoms with E-state index in [1.807, 2.05) is 6.92 Å². The Morgan fingerprint density at radius 2 is 2.04 bits per heavy atom. The molecular formula is C17H36IN5O2. The predicted molar refractivity (Wildman–Crippen MR) is 114 cm³/mol. The molecule has 1 rings (SSSR count). The summed E-state index contributed by atoms with van der Waals surface area (Å²) in [6, 6.07) is 0. The number of nitrogens with one attached hydrogen (secondary N) is 3. The normalized spacial score (nSPS) is 18.6. The molecule has 0 aromatic heterocycles. The van der Waals surface area contributed by atoms with Gasteiger partial charge in [0.2, 0.25) is 5.91 Å². The van der Waals surface area contributed by atoms with E-state index in [2.05, 4.69) is 39.7 Å². The first-order valence-electron chi connectivity index (χ1n) is 9.10. The number of hydrogen-bond acceptors (Lipinski definition) is 4. The van der Waals surface area contributed by atoms with E-state index in [-0.39, 0.29) is 36.0 Å². The Morgan fingerprint density at radius 1 is 1.28 bits per heavy atom. The highest BCUT2D eigenvalue weighted by molar-refractivity contribution is 14.0. The summed E-state index contributed by atoms with van der Waals surface area (Å²) < 4.78 is 5.82. The second-order valence-electron chi connectivity index (χ2n) is 6.63. The monoisotopic (exact) mass is 469 g/mol. The van der Waals surface area contributed by atoms with Gasteiger partial charge in [0.25, 0.3) is 0 Å². The third-order valence-corrected chi connectivity index (χ3v) is 3.78. The lowest BCUT2D eigenvalue weighted by molar-refractivity contribution is -0.120. The van der Waals surface area contributed by atoms with Gasteiger partial charge in [-0.1, -0.05) is 20.8 Å². The van der Waals surface area contributed by atoms with Crippen molar-refractivity contribution >= 4 is 35.8 Å². The fourth-order valence-corrected chi connectivity index (χ4v) is 2.66. The lowest BCUT2D eigenvalue weighted by atomic mass is 10.2.